The number of likely N-dealkylation sites (tertiary alicyclic amines) is 1. The van der Waals surface area contributed by atoms with Gasteiger partial charge in [0.2, 0.25) is 11.8 Å². The first kappa shape index (κ1) is 15.8. The standard InChI is InChI=1S/C12H20ClN3O3/c13-6-4-10(17)15-12(19)14-7-5-11(18)16-8-2-1-3-9-16/h1-9H2,(H2,14,15,17,19). The molecular weight excluding hydrogens is 270 g/mol. The lowest BCUT2D eigenvalue weighted by Crippen LogP contribution is -2.42. The zero-order valence-electron chi connectivity index (χ0n) is 10.9. The van der Waals surface area contributed by atoms with Gasteiger partial charge in [-0.05, 0) is 19.3 Å². The van der Waals surface area contributed by atoms with Crippen molar-refractivity contribution in [1.29, 1.82) is 0 Å². The number of nitrogens with zero attached hydrogens (tertiary/aromatic N) is 1. The number of alkyl halides is 1. The number of hydrogen-bond donors (Lipinski definition) is 2. The highest BCUT2D eigenvalue weighted by Crippen LogP contribution is 2.09. The van der Waals surface area contributed by atoms with Gasteiger partial charge in [0, 0.05) is 38.4 Å². The number of rotatable bonds is 5. The molecule has 0 aromatic rings. The molecule has 1 saturated heterocycles. The smallest absolute Gasteiger partial charge is 0.321 e. The van der Waals surface area contributed by atoms with E-state index in [1.165, 1.54) is 6.42 Å². The normalized spacial score (nSPS) is 14.9. The Morgan fingerprint density at radius 1 is 1.05 bits per heavy atom. The zero-order chi connectivity index (χ0) is 14.1. The van der Waals surface area contributed by atoms with Crippen LogP contribution in [0, 0.1) is 0 Å². The summed E-state index contributed by atoms with van der Waals surface area (Å²) in [6, 6.07) is -0.582. The van der Waals surface area contributed by atoms with Gasteiger partial charge in [-0.1, -0.05) is 0 Å². The van der Waals surface area contributed by atoms with Gasteiger partial charge in [0.05, 0.1) is 0 Å². The average Bonchev–Trinajstić information content (AvgIpc) is 2.39. The predicted molar refractivity (Wildman–Crippen MR) is 71.9 cm³/mol. The van der Waals surface area contributed by atoms with Crippen LogP contribution in [0.15, 0.2) is 0 Å². The second-order valence-corrected chi connectivity index (χ2v) is 4.81. The minimum absolute atomic E-state index is 0.0482. The highest BCUT2D eigenvalue weighted by molar-refractivity contribution is 6.19. The minimum atomic E-state index is -0.582. The fourth-order valence-electron chi connectivity index (χ4n) is 1.90. The molecule has 1 aliphatic heterocycles. The summed E-state index contributed by atoms with van der Waals surface area (Å²) in [5, 5.41) is 4.62. The van der Waals surface area contributed by atoms with Crippen LogP contribution in [0.1, 0.15) is 32.1 Å². The Labute approximate surface area is 117 Å². The highest BCUT2D eigenvalue weighted by Gasteiger charge is 2.16. The molecule has 0 atom stereocenters. The molecule has 0 bridgehead atoms. The lowest BCUT2D eigenvalue weighted by atomic mass is 10.1. The Bertz CT molecular complexity index is 330. The van der Waals surface area contributed by atoms with Crippen molar-refractivity contribution in [2.45, 2.75) is 32.1 Å². The third kappa shape index (κ3) is 6.42. The van der Waals surface area contributed by atoms with E-state index in [1.807, 2.05) is 4.90 Å². The van der Waals surface area contributed by atoms with E-state index in [4.69, 9.17) is 11.6 Å². The van der Waals surface area contributed by atoms with E-state index in [9.17, 15) is 14.4 Å². The van der Waals surface area contributed by atoms with Crippen molar-refractivity contribution in [3.05, 3.63) is 0 Å². The van der Waals surface area contributed by atoms with Crippen molar-refractivity contribution in [3.8, 4) is 0 Å². The highest BCUT2D eigenvalue weighted by atomic mass is 35.5. The van der Waals surface area contributed by atoms with E-state index in [0.717, 1.165) is 25.9 Å². The number of amides is 4. The van der Waals surface area contributed by atoms with Gasteiger partial charge < -0.3 is 10.2 Å². The topological polar surface area (TPSA) is 78.5 Å². The van der Waals surface area contributed by atoms with E-state index in [-0.39, 0.29) is 31.2 Å². The van der Waals surface area contributed by atoms with Crippen molar-refractivity contribution in [3.63, 3.8) is 0 Å². The quantitative estimate of drug-likeness (QED) is 0.736. The second-order valence-electron chi connectivity index (χ2n) is 4.43. The van der Waals surface area contributed by atoms with E-state index in [0.29, 0.717) is 0 Å². The number of halogens is 1. The molecule has 19 heavy (non-hydrogen) atoms. The van der Waals surface area contributed by atoms with Gasteiger partial charge in [-0.25, -0.2) is 4.79 Å². The summed E-state index contributed by atoms with van der Waals surface area (Å²) in [6.45, 7) is 1.84. The van der Waals surface area contributed by atoms with Gasteiger partial charge in [0.25, 0.3) is 0 Å². The van der Waals surface area contributed by atoms with E-state index < -0.39 is 11.9 Å². The van der Waals surface area contributed by atoms with Crippen molar-refractivity contribution in [2.75, 3.05) is 25.5 Å². The number of hydrogen-bond acceptors (Lipinski definition) is 3. The maximum atomic E-state index is 11.8. The molecule has 1 heterocycles. The van der Waals surface area contributed by atoms with Crippen LogP contribution in [0.3, 0.4) is 0 Å². The summed E-state index contributed by atoms with van der Waals surface area (Å²) in [5.74, 6) is -0.200. The summed E-state index contributed by atoms with van der Waals surface area (Å²) in [7, 11) is 0. The largest absolute Gasteiger partial charge is 0.343 e. The van der Waals surface area contributed by atoms with E-state index in [1.54, 1.807) is 0 Å². The molecule has 6 nitrogen and oxygen atoms in total. The monoisotopic (exact) mass is 289 g/mol. The van der Waals surface area contributed by atoms with Gasteiger partial charge in [0.15, 0.2) is 0 Å². The van der Waals surface area contributed by atoms with Crippen LogP contribution in [0.2, 0.25) is 0 Å². The maximum absolute atomic E-state index is 11.8. The summed E-state index contributed by atoms with van der Waals surface area (Å²) >= 11 is 5.37. The van der Waals surface area contributed by atoms with Gasteiger partial charge in [-0.15, -0.1) is 11.6 Å². The van der Waals surface area contributed by atoms with E-state index >= 15 is 0 Å². The molecule has 0 radical (unpaired) electrons. The first-order valence-corrected chi connectivity index (χ1v) is 7.08. The van der Waals surface area contributed by atoms with Crippen molar-refractivity contribution in [1.82, 2.24) is 15.5 Å². The Balaban J connectivity index is 2.13. The Hall–Kier alpha value is -1.30. The number of urea groups is 1. The number of piperidine rings is 1. The maximum Gasteiger partial charge on any atom is 0.321 e. The predicted octanol–water partition coefficient (Wildman–Crippen LogP) is 0.844. The summed E-state index contributed by atoms with van der Waals surface area (Å²) in [6.07, 6.45) is 3.63. The molecule has 1 aliphatic rings. The van der Waals surface area contributed by atoms with E-state index in [2.05, 4.69) is 10.6 Å². The molecule has 0 saturated carbocycles. The molecule has 0 aromatic heterocycles. The van der Waals surface area contributed by atoms with Crippen LogP contribution in [0.4, 0.5) is 4.79 Å². The summed E-state index contributed by atoms with van der Waals surface area (Å²) < 4.78 is 0. The fraction of sp³-hybridized carbons (Fsp3) is 0.750. The third-order valence-electron chi connectivity index (χ3n) is 2.91. The molecule has 7 heteroatoms. The molecule has 4 amide bonds. The van der Waals surface area contributed by atoms with Gasteiger partial charge in [-0.2, -0.15) is 0 Å². The van der Waals surface area contributed by atoms with Crippen LogP contribution in [0.5, 0.6) is 0 Å². The molecular formula is C12H20ClN3O3. The molecule has 0 spiro atoms. The lowest BCUT2D eigenvalue weighted by molar-refractivity contribution is -0.131. The van der Waals surface area contributed by atoms with Gasteiger partial charge in [-0.3, -0.25) is 14.9 Å². The van der Waals surface area contributed by atoms with Gasteiger partial charge in [0.1, 0.15) is 0 Å². The van der Waals surface area contributed by atoms with Crippen LogP contribution in [-0.2, 0) is 9.59 Å². The number of nitrogens with one attached hydrogen (secondary N) is 2. The lowest BCUT2D eigenvalue weighted by Gasteiger charge is -2.26. The minimum Gasteiger partial charge on any atom is -0.343 e. The van der Waals surface area contributed by atoms with Crippen LogP contribution in [-0.4, -0.2) is 48.3 Å². The summed E-state index contributed by atoms with van der Waals surface area (Å²) in [5.41, 5.74) is 0. The Morgan fingerprint density at radius 3 is 2.37 bits per heavy atom. The van der Waals surface area contributed by atoms with Crippen molar-refractivity contribution < 1.29 is 14.4 Å². The van der Waals surface area contributed by atoms with Crippen molar-refractivity contribution >= 4 is 29.4 Å². The molecule has 108 valence electrons. The molecule has 0 aromatic carbocycles. The van der Waals surface area contributed by atoms with Gasteiger partial charge >= 0.3 is 6.03 Å². The molecule has 0 aliphatic carbocycles. The second kappa shape index (κ2) is 8.74. The van der Waals surface area contributed by atoms with Crippen LogP contribution in [0.25, 0.3) is 0 Å². The van der Waals surface area contributed by atoms with Crippen LogP contribution >= 0.6 is 11.6 Å². The molecule has 0 unspecified atom stereocenters. The number of carbonyl (C=O) groups is 3. The zero-order valence-corrected chi connectivity index (χ0v) is 11.7. The average molecular weight is 290 g/mol. The third-order valence-corrected chi connectivity index (χ3v) is 3.10. The summed E-state index contributed by atoms with van der Waals surface area (Å²) in [4.78, 5) is 35.9. The molecule has 1 fully saturated rings. The number of carbonyl (C=O) groups excluding carboxylic acids is 3. The Morgan fingerprint density at radius 2 is 1.74 bits per heavy atom. The Kier molecular flexibility index (Phi) is 7.25. The SMILES string of the molecule is O=C(CCCl)NC(=O)NCCC(=O)N1CCCCC1. The van der Waals surface area contributed by atoms with Crippen LogP contribution < -0.4 is 10.6 Å². The first-order chi connectivity index (χ1) is 9.13. The number of imide groups is 1. The molecule has 2 N–H and O–H groups in total. The first-order valence-electron chi connectivity index (χ1n) is 6.55. The molecule has 1 rings (SSSR count). The van der Waals surface area contributed by atoms with Crippen molar-refractivity contribution in [2.24, 2.45) is 0 Å². The fourth-order valence-corrected chi connectivity index (χ4v) is 2.08.